The Labute approximate surface area is 232 Å². The summed E-state index contributed by atoms with van der Waals surface area (Å²) in [5, 5.41) is 2.90. The van der Waals surface area contributed by atoms with Gasteiger partial charge in [-0.3, -0.25) is 13.9 Å². The van der Waals surface area contributed by atoms with Crippen LogP contribution in [0.2, 0.25) is 0 Å². The highest BCUT2D eigenvalue weighted by atomic mass is 32.2. The van der Waals surface area contributed by atoms with E-state index in [2.05, 4.69) is 5.32 Å². The number of rotatable bonds is 13. The fourth-order valence-electron chi connectivity index (χ4n) is 4.34. The van der Waals surface area contributed by atoms with Crippen LogP contribution in [0, 0.1) is 13.8 Å². The Morgan fingerprint density at radius 2 is 1.44 bits per heavy atom. The molecule has 0 heterocycles. The van der Waals surface area contributed by atoms with Crippen molar-refractivity contribution < 1.29 is 18.0 Å². The molecule has 0 aliphatic heterocycles. The summed E-state index contributed by atoms with van der Waals surface area (Å²) in [7, 11) is -4.06. The highest BCUT2D eigenvalue weighted by Crippen LogP contribution is 2.25. The van der Waals surface area contributed by atoms with Crippen LogP contribution in [-0.2, 0) is 26.0 Å². The molecule has 3 rings (SSSR count). The van der Waals surface area contributed by atoms with Gasteiger partial charge in [0.25, 0.3) is 10.0 Å². The highest BCUT2D eigenvalue weighted by Gasteiger charge is 2.33. The van der Waals surface area contributed by atoms with Crippen LogP contribution in [-0.4, -0.2) is 50.8 Å². The fraction of sp³-hybridized carbons (Fsp3) is 0.355. The lowest BCUT2D eigenvalue weighted by atomic mass is 10.1. The second-order valence-electron chi connectivity index (χ2n) is 9.70. The number of nitrogens with one attached hydrogen (secondary N) is 1. The molecule has 0 saturated heterocycles. The van der Waals surface area contributed by atoms with Gasteiger partial charge in [0.05, 0.1) is 10.6 Å². The molecule has 0 spiro atoms. The van der Waals surface area contributed by atoms with Crippen molar-refractivity contribution in [2.45, 2.75) is 57.9 Å². The van der Waals surface area contributed by atoms with Crippen LogP contribution < -0.4 is 9.62 Å². The molecular weight excluding hydrogens is 510 g/mol. The third-order valence-corrected chi connectivity index (χ3v) is 8.42. The van der Waals surface area contributed by atoms with Crippen molar-refractivity contribution in [2.24, 2.45) is 0 Å². The Morgan fingerprint density at radius 3 is 2.00 bits per heavy atom. The molecule has 0 fully saturated rings. The Bertz CT molecular complexity index is 1320. The molecule has 0 aliphatic rings. The lowest BCUT2D eigenvalue weighted by Gasteiger charge is -2.33. The summed E-state index contributed by atoms with van der Waals surface area (Å²) in [6.07, 6.45) is 1.72. The Balaban J connectivity index is 1.99. The van der Waals surface area contributed by atoms with Gasteiger partial charge in [0.2, 0.25) is 11.8 Å². The topological polar surface area (TPSA) is 86.8 Å². The molecule has 2 amide bonds. The van der Waals surface area contributed by atoms with Gasteiger partial charge in [-0.1, -0.05) is 79.6 Å². The van der Waals surface area contributed by atoms with E-state index in [1.54, 1.807) is 36.4 Å². The molecule has 0 radical (unpaired) electrons. The first-order valence-electron chi connectivity index (χ1n) is 13.4. The number of hydrogen-bond donors (Lipinski definition) is 1. The summed E-state index contributed by atoms with van der Waals surface area (Å²) in [6.45, 7) is 8.00. The predicted molar refractivity (Wildman–Crippen MR) is 156 cm³/mol. The number of aryl methyl sites for hydroxylation is 2. The summed E-state index contributed by atoms with van der Waals surface area (Å²) < 4.78 is 28.9. The van der Waals surface area contributed by atoms with E-state index in [0.717, 1.165) is 27.4 Å². The van der Waals surface area contributed by atoms with Gasteiger partial charge in [-0.05, 0) is 62.9 Å². The van der Waals surface area contributed by atoms with Crippen molar-refractivity contribution in [1.82, 2.24) is 10.2 Å². The zero-order valence-electron chi connectivity index (χ0n) is 23.3. The SMILES string of the molecule is CCCNC(=O)[C@@H](CC)N(CCc1ccccc1)C(=O)CN(c1ccc(C)cc1)S(=O)(=O)c1ccc(C)cc1. The van der Waals surface area contributed by atoms with Gasteiger partial charge < -0.3 is 10.2 Å². The van der Waals surface area contributed by atoms with E-state index in [4.69, 9.17) is 0 Å². The smallest absolute Gasteiger partial charge is 0.264 e. The van der Waals surface area contributed by atoms with Gasteiger partial charge in [-0.2, -0.15) is 0 Å². The number of sulfonamides is 1. The number of benzene rings is 3. The number of amides is 2. The molecule has 8 heteroatoms. The van der Waals surface area contributed by atoms with Crippen molar-refractivity contribution in [3.63, 3.8) is 0 Å². The second kappa shape index (κ2) is 13.9. The van der Waals surface area contributed by atoms with Crippen LogP contribution in [0.1, 0.15) is 43.4 Å². The van der Waals surface area contributed by atoms with E-state index >= 15 is 0 Å². The largest absolute Gasteiger partial charge is 0.354 e. The molecule has 0 unspecified atom stereocenters. The van der Waals surface area contributed by atoms with E-state index in [-0.39, 0.29) is 17.3 Å². The minimum atomic E-state index is -4.06. The Kier molecular flexibility index (Phi) is 10.7. The summed E-state index contributed by atoms with van der Waals surface area (Å²) in [4.78, 5) is 28.7. The number of hydrogen-bond acceptors (Lipinski definition) is 4. The molecule has 0 saturated carbocycles. The van der Waals surface area contributed by atoms with Crippen LogP contribution in [0.3, 0.4) is 0 Å². The number of anilines is 1. The summed E-state index contributed by atoms with van der Waals surface area (Å²) >= 11 is 0. The fourth-order valence-corrected chi connectivity index (χ4v) is 5.75. The minimum Gasteiger partial charge on any atom is -0.354 e. The quantitative estimate of drug-likeness (QED) is 0.329. The molecule has 0 aliphatic carbocycles. The van der Waals surface area contributed by atoms with Gasteiger partial charge in [-0.15, -0.1) is 0 Å². The van der Waals surface area contributed by atoms with Gasteiger partial charge in [-0.25, -0.2) is 8.42 Å². The lowest BCUT2D eigenvalue weighted by Crippen LogP contribution is -2.53. The van der Waals surface area contributed by atoms with Crippen molar-refractivity contribution in [3.05, 3.63) is 95.6 Å². The first-order valence-corrected chi connectivity index (χ1v) is 14.9. The average molecular weight is 550 g/mol. The van der Waals surface area contributed by atoms with E-state index in [0.29, 0.717) is 25.1 Å². The molecule has 3 aromatic carbocycles. The maximum Gasteiger partial charge on any atom is 0.264 e. The Morgan fingerprint density at radius 1 is 0.846 bits per heavy atom. The van der Waals surface area contributed by atoms with E-state index in [1.807, 2.05) is 70.2 Å². The third-order valence-electron chi connectivity index (χ3n) is 6.63. The third kappa shape index (κ3) is 7.93. The Hall–Kier alpha value is -3.65. The number of carbonyl (C=O) groups excluding carboxylic acids is 2. The van der Waals surface area contributed by atoms with Crippen LogP contribution in [0.4, 0.5) is 5.69 Å². The molecule has 0 bridgehead atoms. The highest BCUT2D eigenvalue weighted by molar-refractivity contribution is 7.92. The van der Waals surface area contributed by atoms with Crippen LogP contribution in [0.25, 0.3) is 0 Å². The predicted octanol–water partition coefficient (Wildman–Crippen LogP) is 4.87. The van der Waals surface area contributed by atoms with Crippen molar-refractivity contribution in [1.29, 1.82) is 0 Å². The molecule has 208 valence electrons. The van der Waals surface area contributed by atoms with Crippen molar-refractivity contribution in [2.75, 3.05) is 23.9 Å². The maximum absolute atomic E-state index is 14.0. The molecule has 3 aromatic rings. The van der Waals surface area contributed by atoms with E-state index < -0.39 is 28.5 Å². The number of nitrogens with zero attached hydrogens (tertiary/aromatic N) is 2. The molecule has 1 atom stereocenters. The molecule has 7 nitrogen and oxygen atoms in total. The van der Waals surface area contributed by atoms with Gasteiger partial charge in [0.15, 0.2) is 0 Å². The van der Waals surface area contributed by atoms with Gasteiger partial charge in [0.1, 0.15) is 12.6 Å². The molecule has 39 heavy (non-hydrogen) atoms. The van der Waals surface area contributed by atoms with Gasteiger partial charge >= 0.3 is 0 Å². The zero-order valence-corrected chi connectivity index (χ0v) is 24.1. The molecular formula is C31H39N3O4S. The standard InChI is InChI=1S/C31H39N3O4S/c1-5-21-32-31(36)29(6-2)33(22-20-26-10-8-7-9-11-26)30(35)23-34(27-16-12-24(3)13-17-27)39(37,38)28-18-14-25(4)15-19-28/h7-19,29H,5-6,20-23H2,1-4H3,(H,32,36)/t29-/m1/s1. The monoisotopic (exact) mass is 549 g/mol. The molecule has 1 N–H and O–H groups in total. The zero-order chi connectivity index (χ0) is 28.4. The van der Waals surface area contributed by atoms with Crippen LogP contribution in [0.5, 0.6) is 0 Å². The van der Waals surface area contributed by atoms with E-state index in [9.17, 15) is 18.0 Å². The normalized spacial score (nSPS) is 12.0. The molecule has 0 aromatic heterocycles. The summed E-state index contributed by atoms with van der Waals surface area (Å²) in [5.41, 5.74) is 3.33. The first-order chi connectivity index (χ1) is 18.7. The first kappa shape index (κ1) is 29.9. The minimum absolute atomic E-state index is 0.102. The van der Waals surface area contributed by atoms with Crippen LogP contribution in [0.15, 0.2) is 83.8 Å². The maximum atomic E-state index is 14.0. The van der Waals surface area contributed by atoms with Crippen molar-refractivity contribution >= 4 is 27.5 Å². The summed E-state index contributed by atoms with van der Waals surface area (Å²) in [5.74, 6) is -0.662. The van der Waals surface area contributed by atoms with Gasteiger partial charge in [0, 0.05) is 13.1 Å². The number of carbonyl (C=O) groups is 2. The van der Waals surface area contributed by atoms with Crippen LogP contribution >= 0.6 is 0 Å². The summed E-state index contributed by atoms with van der Waals surface area (Å²) in [6, 6.07) is 22.6. The van der Waals surface area contributed by atoms with Crippen molar-refractivity contribution in [3.8, 4) is 0 Å². The average Bonchev–Trinajstić information content (AvgIpc) is 2.93. The second-order valence-corrected chi connectivity index (χ2v) is 11.6. The van der Waals surface area contributed by atoms with E-state index in [1.165, 1.54) is 4.90 Å². The lowest BCUT2D eigenvalue weighted by molar-refractivity contribution is -0.139.